The molecule has 0 spiro atoms. The van der Waals surface area contributed by atoms with Crippen LogP contribution in [0.15, 0.2) is 47.4 Å². The van der Waals surface area contributed by atoms with Crippen molar-refractivity contribution in [3.05, 3.63) is 53.7 Å². The number of piperazine rings is 1. The highest BCUT2D eigenvalue weighted by Gasteiger charge is 2.40. The lowest BCUT2D eigenvalue weighted by molar-refractivity contribution is -0.140. The number of anilines is 2. The summed E-state index contributed by atoms with van der Waals surface area (Å²) in [6.45, 7) is 2.89. The Morgan fingerprint density at radius 2 is 1.62 bits per heavy atom. The third-order valence-corrected chi connectivity index (χ3v) is 7.36. The molecule has 1 fully saturated rings. The van der Waals surface area contributed by atoms with Crippen molar-refractivity contribution < 1.29 is 26.4 Å². The maximum Gasteiger partial charge on any atom is 0.437 e. The Hall–Kier alpha value is -3.25. The van der Waals surface area contributed by atoms with Crippen molar-refractivity contribution in [2.75, 3.05) is 36.4 Å². The van der Waals surface area contributed by atoms with Crippen LogP contribution in [0.2, 0.25) is 0 Å². The monoisotopic (exact) mass is 493 g/mol. The zero-order chi connectivity index (χ0) is 24.7. The molecule has 1 aliphatic heterocycles. The molecule has 12 heteroatoms. The predicted molar refractivity (Wildman–Crippen MR) is 121 cm³/mol. The Bertz CT molecular complexity index is 1350. The van der Waals surface area contributed by atoms with Gasteiger partial charge in [0.05, 0.1) is 16.7 Å². The van der Waals surface area contributed by atoms with Crippen LogP contribution in [0.3, 0.4) is 0 Å². The van der Waals surface area contributed by atoms with Gasteiger partial charge in [-0.25, -0.2) is 18.4 Å². The number of alkyl halides is 3. The molecule has 0 atom stereocenters. The van der Waals surface area contributed by atoms with E-state index in [2.05, 4.69) is 15.3 Å². The lowest BCUT2D eigenvalue weighted by Crippen LogP contribution is -2.49. The average molecular weight is 494 g/mol. The molecule has 0 bridgehead atoms. The van der Waals surface area contributed by atoms with Gasteiger partial charge in [0.2, 0.25) is 15.9 Å². The van der Waals surface area contributed by atoms with Gasteiger partial charge < -0.3 is 10.2 Å². The van der Waals surface area contributed by atoms with Gasteiger partial charge in [-0.3, -0.25) is 4.79 Å². The highest BCUT2D eigenvalue weighted by molar-refractivity contribution is 7.89. The van der Waals surface area contributed by atoms with E-state index in [4.69, 9.17) is 0 Å². The molecule has 34 heavy (non-hydrogen) atoms. The van der Waals surface area contributed by atoms with Crippen LogP contribution >= 0.6 is 0 Å². The third kappa shape index (κ3) is 4.68. The highest BCUT2D eigenvalue weighted by Crippen LogP contribution is 2.36. The Morgan fingerprint density at radius 3 is 2.21 bits per heavy atom. The van der Waals surface area contributed by atoms with E-state index >= 15 is 0 Å². The summed E-state index contributed by atoms with van der Waals surface area (Å²) in [5.74, 6) is -0.739. The van der Waals surface area contributed by atoms with Gasteiger partial charge in [-0.15, -0.1) is 0 Å². The first-order chi connectivity index (χ1) is 16.0. The second-order valence-electron chi connectivity index (χ2n) is 7.95. The Morgan fingerprint density at radius 1 is 1.00 bits per heavy atom. The molecule has 1 amide bonds. The number of para-hydroxylation sites is 2. The van der Waals surface area contributed by atoms with Gasteiger partial charge in [0.25, 0.3) is 0 Å². The third-order valence-electron chi connectivity index (χ3n) is 5.42. The van der Waals surface area contributed by atoms with Crippen molar-refractivity contribution in [2.24, 2.45) is 0 Å². The van der Waals surface area contributed by atoms with Crippen LogP contribution in [0.4, 0.5) is 24.7 Å². The van der Waals surface area contributed by atoms with E-state index < -0.39 is 27.8 Å². The van der Waals surface area contributed by atoms with Crippen LogP contribution in [0.1, 0.15) is 18.2 Å². The molecule has 0 radical (unpaired) electrons. The van der Waals surface area contributed by atoms with Crippen LogP contribution < -0.4 is 10.2 Å². The summed E-state index contributed by atoms with van der Waals surface area (Å²) in [6.07, 6.45) is -4.72. The minimum Gasteiger partial charge on any atom is -0.352 e. The molecule has 1 saturated heterocycles. The zero-order valence-corrected chi connectivity index (χ0v) is 19.2. The van der Waals surface area contributed by atoms with Crippen LogP contribution in [0.5, 0.6) is 0 Å². The first kappa shape index (κ1) is 23.9. The molecule has 2 aromatic carbocycles. The van der Waals surface area contributed by atoms with E-state index in [1.165, 1.54) is 34.3 Å². The molecule has 3 aromatic rings. The Labute approximate surface area is 194 Å². The predicted octanol–water partition coefficient (Wildman–Crippen LogP) is 3.43. The van der Waals surface area contributed by atoms with E-state index in [1.807, 2.05) is 0 Å². The number of aryl methyl sites for hydroxylation is 1. The quantitative estimate of drug-likeness (QED) is 0.599. The van der Waals surface area contributed by atoms with Gasteiger partial charge >= 0.3 is 6.18 Å². The van der Waals surface area contributed by atoms with E-state index in [-0.39, 0.29) is 48.1 Å². The van der Waals surface area contributed by atoms with Crippen molar-refractivity contribution >= 4 is 38.5 Å². The molecule has 0 aliphatic carbocycles. The molecule has 4 rings (SSSR count). The van der Waals surface area contributed by atoms with Gasteiger partial charge in [0, 0.05) is 33.1 Å². The molecule has 8 nitrogen and oxygen atoms in total. The second kappa shape index (κ2) is 8.84. The number of halogens is 3. The minimum atomic E-state index is -4.72. The van der Waals surface area contributed by atoms with E-state index in [0.717, 1.165) is 0 Å². The van der Waals surface area contributed by atoms with E-state index in [1.54, 1.807) is 31.2 Å². The van der Waals surface area contributed by atoms with Gasteiger partial charge in [-0.05, 0) is 36.8 Å². The lowest BCUT2D eigenvalue weighted by atomic mass is 10.2. The summed E-state index contributed by atoms with van der Waals surface area (Å²) < 4.78 is 69.1. The number of hydrogen-bond acceptors (Lipinski definition) is 6. The first-order valence-corrected chi connectivity index (χ1v) is 11.9. The molecule has 2 heterocycles. The van der Waals surface area contributed by atoms with Crippen LogP contribution in [0.25, 0.3) is 11.0 Å². The van der Waals surface area contributed by atoms with E-state index in [0.29, 0.717) is 11.1 Å². The molecule has 0 saturated carbocycles. The number of fused-ring (bicyclic) bond motifs is 1. The van der Waals surface area contributed by atoms with E-state index in [9.17, 15) is 26.4 Å². The number of benzene rings is 2. The largest absolute Gasteiger partial charge is 0.437 e. The molecular weight excluding hydrogens is 471 g/mol. The number of amides is 1. The van der Waals surface area contributed by atoms with Crippen LogP contribution in [0, 0.1) is 6.92 Å². The smallest absolute Gasteiger partial charge is 0.352 e. The fourth-order valence-electron chi connectivity index (χ4n) is 3.82. The maximum absolute atomic E-state index is 13.7. The van der Waals surface area contributed by atoms with Gasteiger partial charge in [-0.1, -0.05) is 18.2 Å². The Balaban J connectivity index is 1.63. The SMILES string of the molecule is CC(=O)Nc1ccc(C)cc1S(=O)(=O)N1CCN(c2nc3ccccc3nc2C(F)(F)F)CC1. The van der Waals surface area contributed by atoms with Crippen molar-refractivity contribution in [1.29, 1.82) is 0 Å². The van der Waals surface area contributed by atoms with Gasteiger partial charge in [-0.2, -0.15) is 17.5 Å². The second-order valence-corrected chi connectivity index (χ2v) is 9.86. The van der Waals surface area contributed by atoms with Gasteiger partial charge in [0.15, 0.2) is 11.5 Å². The maximum atomic E-state index is 13.7. The lowest BCUT2D eigenvalue weighted by Gasteiger charge is -2.35. The fraction of sp³-hybridized carbons (Fsp3) is 0.318. The fourth-order valence-corrected chi connectivity index (χ4v) is 5.47. The number of carbonyl (C=O) groups excluding carboxylic acids is 1. The molecule has 180 valence electrons. The van der Waals surface area contributed by atoms with Crippen molar-refractivity contribution in [3.63, 3.8) is 0 Å². The number of rotatable bonds is 4. The molecule has 0 unspecified atom stereocenters. The standard InChI is InChI=1S/C22H22F3N5O3S/c1-14-7-8-18(26-15(2)31)19(13-14)34(32,33)30-11-9-29(10-12-30)21-20(22(23,24)25)27-16-5-3-4-6-17(16)28-21/h3-8,13H,9-12H2,1-2H3,(H,26,31). The van der Waals surface area contributed by atoms with Crippen LogP contribution in [-0.4, -0.2) is 54.8 Å². The molecule has 1 N–H and O–H groups in total. The summed E-state index contributed by atoms with van der Waals surface area (Å²) in [7, 11) is -4.01. The summed E-state index contributed by atoms with van der Waals surface area (Å²) in [5.41, 5.74) is 0.187. The average Bonchev–Trinajstić information content (AvgIpc) is 2.78. The molecule has 1 aliphatic rings. The summed E-state index contributed by atoms with van der Waals surface area (Å²) >= 11 is 0. The zero-order valence-electron chi connectivity index (χ0n) is 18.4. The molecular formula is C22H22F3N5O3S. The number of aromatic nitrogens is 2. The minimum absolute atomic E-state index is 0.00336. The normalized spacial score (nSPS) is 15.5. The molecule has 1 aromatic heterocycles. The number of nitrogens with one attached hydrogen (secondary N) is 1. The number of sulfonamides is 1. The summed E-state index contributed by atoms with van der Waals surface area (Å²) in [4.78, 5) is 20.9. The topological polar surface area (TPSA) is 95.5 Å². The summed E-state index contributed by atoms with van der Waals surface area (Å²) in [5, 5.41) is 2.52. The van der Waals surface area contributed by atoms with Gasteiger partial charge in [0.1, 0.15) is 4.90 Å². The van der Waals surface area contributed by atoms with Crippen molar-refractivity contribution in [1.82, 2.24) is 14.3 Å². The first-order valence-electron chi connectivity index (χ1n) is 10.4. The number of carbonyl (C=O) groups is 1. The van der Waals surface area contributed by atoms with Crippen LogP contribution in [-0.2, 0) is 21.0 Å². The number of hydrogen-bond donors (Lipinski definition) is 1. The number of nitrogens with zero attached hydrogens (tertiary/aromatic N) is 4. The van der Waals surface area contributed by atoms with Crippen molar-refractivity contribution in [2.45, 2.75) is 24.9 Å². The van der Waals surface area contributed by atoms with Crippen molar-refractivity contribution in [3.8, 4) is 0 Å². The summed E-state index contributed by atoms with van der Waals surface area (Å²) in [6, 6.07) is 10.9. The Kier molecular flexibility index (Phi) is 6.21. The highest BCUT2D eigenvalue weighted by atomic mass is 32.2.